The Morgan fingerprint density at radius 3 is 2.70 bits per heavy atom. The Labute approximate surface area is 202 Å². The number of aliphatic hydroxyl groups excluding tert-OH is 1. The molecule has 0 radical (unpaired) electrons. The number of likely N-dealkylation sites (tertiary alicyclic amines) is 1. The maximum Gasteiger partial charge on any atom is 0.128 e. The van der Waals surface area contributed by atoms with Gasteiger partial charge in [-0.15, -0.1) is 12.4 Å². The van der Waals surface area contributed by atoms with Crippen LogP contribution in [0.5, 0.6) is 5.75 Å². The van der Waals surface area contributed by atoms with Gasteiger partial charge < -0.3 is 14.8 Å². The van der Waals surface area contributed by atoms with Crippen molar-refractivity contribution < 1.29 is 9.84 Å². The lowest BCUT2D eigenvalue weighted by molar-refractivity contribution is 0.00366. The number of rotatable bonds is 6. The number of β-amino-alcohol motifs (C(OH)–C–C–N with tert-alkyl or cyclic N) is 1. The Bertz CT molecular complexity index is 1220. The number of ether oxygens (including phenoxy) is 1. The van der Waals surface area contributed by atoms with E-state index in [-0.39, 0.29) is 17.9 Å². The van der Waals surface area contributed by atoms with Crippen LogP contribution in [0, 0.1) is 0 Å². The van der Waals surface area contributed by atoms with Crippen LogP contribution < -0.4 is 4.74 Å². The molecule has 0 spiro atoms. The number of hydrogen-bond donors (Lipinski definition) is 2. The molecule has 1 fully saturated rings. The monoisotopic (exact) mass is 464 g/mol. The summed E-state index contributed by atoms with van der Waals surface area (Å²) >= 11 is 0. The summed E-state index contributed by atoms with van der Waals surface area (Å²) in [5.74, 6) is 1.36. The fourth-order valence-corrected chi connectivity index (χ4v) is 5.21. The van der Waals surface area contributed by atoms with Gasteiger partial charge in [-0.1, -0.05) is 48.5 Å². The van der Waals surface area contributed by atoms with Gasteiger partial charge in [0.1, 0.15) is 18.5 Å². The molecule has 2 heterocycles. The van der Waals surface area contributed by atoms with E-state index in [1.54, 1.807) is 0 Å². The molecule has 1 aromatic heterocycles. The van der Waals surface area contributed by atoms with E-state index in [0.29, 0.717) is 19.1 Å². The van der Waals surface area contributed by atoms with Gasteiger partial charge in [0.05, 0.1) is 0 Å². The molecule has 4 nitrogen and oxygen atoms in total. The van der Waals surface area contributed by atoms with Crippen LogP contribution in [0.1, 0.15) is 38.2 Å². The molecule has 0 aliphatic carbocycles. The number of nitrogens with one attached hydrogen (secondary N) is 1. The number of nitrogens with zero attached hydrogens (tertiary/aromatic N) is 1. The van der Waals surface area contributed by atoms with Crippen molar-refractivity contribution >= 4 is 34.1 Å². The second kappa shape index (κ2) is 9.76. The van der Waals surface area contributed by atoms with E-state index in [2.05, 4.69) is 66.2 Å². The summed E-state index contributed by atoms with van der Waals surface area (Å²) in [6.45, 7) is 6.50. The van der Waals surface area contributed by atoms with Gasteiger partial charge in [-0.2, -0.15) is 0 Å². The maximum atomic E-state index is 10.7. The van der Waals surface area contributed by atoms with Crippen molar-refractivity contribution in [3.05, 3.63) is 78.5 Å². The Morgan fingerprint density at radius 1 is 1.06 bits per heavy atom. The lowest BCUT2D eigenvalue weighted by Gasteiger charge is -2.46. The molecule has 5 heteroatoms. The number of aromatic nitrogens is 1. The lowest BCUT2D eigenvalue weighted by Crippen LogP contribution is -2.52. The zero-order chi connectivity index (χ0) is 22.1. The third-order valence-corrected chi connectivity index (χ3v) is 7.01. The van der Waals surface area contributed by atoms with E-state index in [1.165, 1.54) is 16.3 Å². The first-order chi connectivity index (χ1) is 15.5. The van der Waals surface area contributed by atoms with Crippen LogP contribution in [0.3, 0.4) is 0 Å². The van der Waals surface area contributed by atoms with E-state index < -0.39 is 6.10 Å². The highest BCUT2D eigenvalue weighted by Crippen LogP contribution is 2.38. The number of halogens is 1. The molecule has 0 bridgehead atoms. The third-order valence-electron chi connectivity index (χ3n) is 7.01. The SMILES string of the molecule is CC1(C)C[C@@H](c2ccc3ccccc3c2)CCN1C[C@H](O)COc1cccc2[nH]ccc12.Cl. The van der Waals surface area contributed by atoms with Gasteiger partial charge in [0.15, 0.2) is 0 Å². The number of benzene rings is 3. The largest absolute Gasteiger partial charge is 0.490 e. The van der Waals surface area contributed by atoms with Crippen molar-refractivity contribution in [1.82, 2.24) is 9.88 Å². The number of hydrogen-bond acceptors (Lipinski definition) is 3. The van der Waals surface area contributed by atoms with E-state index in [1.807, 2.05) is 30.5 Å². The highest BCUT2D eigenvalue weighted by Gasteiger charge is 2.36. The van der Waals surface area contributed by atoms with Crippen molar-refractivity contribution in [3.63, 3.8) is 0 Å². The van der Waals surface area contributed by atoms with Gasteiger partial charge in [0.2, 0.25) is 0 Å². The highest BCUT2D eigenvalue weighted by molar-refractivity contribution is 5.86. The topological polar surface area (TPSA) is 48.5 Å². The summed E-state index contributed by atoms with van der Waals surface area (Å²) in [4.78, 5) is 5.63. The standard InChI is InChI=1S/C28H32N2O2.ClH/c1-28(2)17-23(22-11-10-20-6-3-4-7-21(20)16-22)13-15-30(28)18-24(31)19-32-27-9-5-8-26-25(27)12-14-29-26;/h3-12,14,16,23-24,29,31H,13,15,17-19H2,1-2H3;1H/t23-,24-;/m0./s1. The van der Waals surface area contributed by atoms with Gasteiger partial charge in [0.25, 0.3) is 0 Å². The van der Waals surface area contributed by atoms with Crippen molar-refractivity contribution in [3.8, 4) is 5.75 Å². The highest BCUT2D eigenvalue weighted by atomic mass is 35.5. The number of aliphatic hydroxyl groups is 1. The van der Waals surface area contributed by atoms with E-state index in [9.17, 15) is 5.11 Å². The average molecular weight is 465 g/mol. The molecule has 3 aromatic carbocycles. The van der Waals surface area contributed by atoms with Crippen molar-refractivity contribution in [2.24, 2.45) is 0 Å². The van der Waals surface area contributed by atoms with Crippen molar-refractivity contribution in [1.29, 1.82) is 0 Å². The summed E-state index contributed by atoms with van der Waals surface area (Å²) in [5, 5.41) is 14.4. The molecule has 0 amide bonds. The summed E-state index contributed by atoms with van der Waals surface area (Å²) < 4.78 is 5.98. The molecule has 174 valence electrons. The van der Waals surface area contributed by atoms with Gasteiger partial charge in [-0.25, -0.2) is 0 Å². The lowest BCUT2D eigenvalue weighted by atomic mass is 9.78. The Morgan fingerprint density at radius 2 is 1.88 bits per heavy atom. The van der Waals surface area contributed by atoms with E-state index >= 15 is 0 Å². The summed E-state index contributed by atoms with van der Waals surface area (Å²) in [6, 6.07) is 23.4. The fourth-order valence-electron chi connectivity index (χ4n) is 5.21. The second-order valence-electron chi connectivity index (χ2n) is 9.71. The maximum absolute atomic E-state index is 10.7. The fraction of sp³-hybridized carbons (Fsp3) is 0.357. The first-order valence-electron chi connectivity index (χ1n) is 11.6. The molecular formula is C28H33ClN2O2. The smallest absolute Gasteiger partial charge is 0.128 e. The minimum absolute atomic E-state index is 0. The zero-order valence-electron chi connectivity index (χ0n) is 19.3. The summed E-state index contributed by atoms with van der Waals surface area (Å²) in [7, 11) is 0. The predicted octanol–water partition coefficient (Wildman–Crippen LogP) is 6.14. The number of aromatic amines is 1. The summed E-state index contributed by atoms with van der Waals surface area (Å²) in [6.07, 6.45) is 3.58. The molecule has 1 aliphatic rings. The van der Waals surface area contributed by atoms with Gasteiger partial charge in [0, 0.05) is 29.2 Å². The average Bonchev–Trinajstić information content (AvgIpc) is 3.28. The number of H-pyrrole nitrogens is 1. The van der Waals surface area contributed by atoms with Crippen LogP contribution in [-0.2, 0) is 0 Å². The molecule has 1 aliphatic heterocycles. The second-order valence-corrected chi connectivity index (χ2v) is 9.71. The first-order valence-corrected chi connectivity index (χ1v) is 11.6. The molecule has 1 saturated heterocycles. The summed E-state index contributed by atoms with van der Waals surface area (Å²) in [5.41, 5.74) is 2.50. The van der Waals surface area contributed by atoms with Crippen LogP contribution in [0.15, 0.2) is 72.9 Å². The molecule has 2 N–H and O–H groups in total. The Kier molecular flexibility index (Phi) is 6.99. The molecule has 0 saturated carbocycles. The molecule has 33 heavy (non-hydrogen) atoms. The first kappa shape index (κ1) is 23.6. The van der Waals surface area contributed by atoms with E-state index in [4.69, 9.17) is 4.74 Å². The number of piperidine rings is 1. The molecule has 4 aromatic rings. The van der Waals surface area contributed by atoms with Crippen LogP contribution in [0.2, 0.25) is 0 Å². The molecule has 2 atom stereocenters. The zero-order valence-corrected chi connectivity index (χ0v) is 20.1. The predicted molar refractivity (Wildman–Crippen MR) is 139 cm³/mol. The molecular weight excluding hydrogens is 432 g/mol. The molecule has 0 unspecified atom stereocenters. The minimum atomic E-state index is -0.527. The minimum Gasteiger partial charge on any atom is -0.490 e. The normalized spacial score (nSPS) is 19.3. The molecule has 5 rings (SSSR count). The van der Waals surface area contributed by atoms with Crippen LogP contribution in [0.4, 0.5) is 0 Å². The van der Waals surface area contributed by atoms with Gasteiger partial charge in [-0.3, -0.25) is 4.90 Å². The van der Waals surface area contributed by atoms with E-state index in [0.717, 1.165) is 36.0 Å². The van der Waals surface area contributed by atoms with Crippen molar-refractivity contribution in [2.75, 3.05) is 19.7 Å². The Hall–Kier alpha value is -2.53. The van der Waals surface area contributed by atoms with Gasteiger partial charge in [-0.05, 0) is 73.7 Å². The van der Waals surface area contributed by atoms with Crippen molar-refractivity contribution in [2.45, 2.75) is 44.2 Å². The van der Waals surface area contributed by atoms with Gasteiger partial charge >= 0.3 is 0 Å². The van der Waals surface area contributed by atoms with Crippen LogP contribution >= 0.6 is 12.4 Å². The number of fused-ring (bicyclic) bond motifs is 2. The van der Waals surface area contributed by atoms with Crippen LogP contribution in [-0.4, -0.2) is 46.3 Å². The van der Waals surface area contributed by atoms with Crippen LogP contribution in [0.25, 0.3) is 21.7 Å². The Balaban J connectivity index is 0.00000259. The quantitative estimate of drug-likeness (QED) is 0.360. The third kappa shape index (κ3) is 5.03.